The molecule has 4 aromatic rings. The lowest BCUT2D eigenvalue weighted by Crippen LogP contribution is -2.44. The lowest BCUT2D eigenvalue weighted by Gasteiger charge is -2.32. The Labute approximate surface area is 250 Å². The summed E-state index contributed by atoms with van der Waals surface area (Å²) in [6, 6.07) is 28.6. The van der Waals surface area contributed by atoms with E-state index in [2.05, 4.69) is 5.32 Å². The van der Waals surface area contributed by atoms with E-state index in [1.54, 1.807) is 43.4 Å². The minimum Gasteiger partial charge on any atom is -0.493 e. The van der Waals surface area contributed by atoms with Crippen molar-refractivity contribution in [2.24, 2.45) is 0 Å². The molecule has 2 amide bonds. The van der Waals surface area contributed by atoms with E-state index in [-0.39, 0.29) is 24.8 Å². The molecule has 0 aromatic heterocycles. The number of amides is 2. The van der Waals surface area contributed by atoms with Gasteiger partial charge in [0.15, 0.2) is 11.5 Å². The van der Waals surface area contributed by atoms with Gasteiger partial charge < -0.3 is 19.7 Å². The largest absolute Gasteiger partial charge is 0.493 e. The van der Waals surface area contributed by atoms with Gasteiger partial charge in [0, 0.05) is 23.1 Å². The van der Waals surface area contributed by atoms with E-state index in [0.717, 1.165) is 22.3 Å². The average Bonchev–Trinajstić information content (AvgIpc) is 2.99. The van der Waals surface area contributed by atoms with Crippen molar-refractivity contribution in [3.05, 3.63) is 129 Å². The summed E-state index contributed by atoms with van der Waals surface area (Å²) in [6.07, 6.45) is 0.691. The van der Waals surface area contributed by atoms with Crippen LogP contribution in [0.25, 0.3) is 0 Å². The second-order valence-electron chi connectivity index (χ2n) is 9.49. The van der Waals surface area contributed by atoms with Crippen LogP contribution in [0.4, 0.5) is 0 Å². The van der Waals surface area contributed by atoms with Crippen molar-refractivity contribution in [2.45, 2.75) is 25.4 Å². The molecule has 1 atom stereocenters. The van der Waals surface area contributed by atoms with E-state index < -0.39 is 6.04 Å². The van der Waals surface area contributed by atoms with Crippen LogP contribution in [0.15, 0.2) is 97.1 Å². The summed E-state index contributed by atoms with van der Waals surface area (Å²) in [4.78, 5) is 29.4. The number of rotatable bonds is 12. The van der Waals surface area contributed by atoms with Gasteiger partial charge in [-0.3, -0.25) is 9.59 Å². The van der Waals surface area contributed by atoms with Gasteiger partial charge in [-0.25, -0.2) is 0 Å². The van der Waals surface area contributed by atoms with Crippen molar-refractivity contribution in [2.75, 3.05) is 20.8 Å². The molecule has 0 bridgehead atoms. The molecule has 1 unspecified atom stereocenters. The topological polar surface area (TPSA) is 67.9 Å². The Morgan fingerprint density at radius 3 is 1.95 bits per heavy atom. The lowest BCUT2D eigenvalue weighted by atomic mass is 10.0. The summed E-state index contributed by atoms with van der Waals surface area (Å²) >= 11 is 12.2. The summed E-state index contributed by atoms with van der Waals surface area (Å²) in [7, 11) is 3.18. The molecule has 0 fully saturated rings. The van der Waals surface area contributed by atoms with Gasteiger partial charge in [0.1, 0.15) is 6.04 Å². The van der Waals surface area contributed by atoms with Gasteiger partial charge in [-0.1, -0.05) is 83.9 Å². The molecule has 4 aromatic carbocycles. The third kappa shape index (κ3) is 8.26. The monoisotopic (exact) mass is 590 g/mol. The molecule has 0 saturated carbocycles. The molecule has 0 spiro atoms. The van der Waals surface area contributed by atoms with Crippen LogP contribution in [0.5, 0.6) is 11.5 Å². The molecular weight excluding hydrogens is 559 g/mol. The van der Waals surface area contributed by atoms with Crippen LogP contribution in [-0.4, -0.2) is 37.5 Å². The predicted molar refractivity (Wildman–Crippen MR) is 163 cm³/mol. The van der Waals surface area contributed by atoms with Crippen molar-refractivity contribution in [1.82, 2.24) is 10.2 Å². The molecule has 0 aliphatic rings. The first-order chi connectivity index (χ1) is 19.9. The van der Waals surface area contributed by atoms with E-state index in [1.807, 2.05) is 72.8 Å². The SMILES string of the molecule is COc1ccc(CCNC(=O)C(c2ccccc2)N(Cc2ccc(Cl)cc2)C(=O)Cc2ccc(Cl)cc2)cc1OC. The highest BCUT2D eigenvalue weighted by atomic mass is 35.5. The molecule has 0 saturated heterocycles. The number of methoxy groups -OCH3 is 2. The van der Waals surface area contributed by atoms with Crippen LogP contribution < -0.4 is 14.8 Å². The smallest absolute Gasteiger partial charge is 0.247 e. The summed E-state index contributed by atoms with van der Waals surface area (Å²) in [6.45, 7) is 0.601. The molecule has 212 valence electrons. The van der Waals surface area contributed by atoms with Gasteiger partial charge in [0.25, 0.3) is 0 Å². The lowest BCUT2D eigenvalue weighted by molar-refractivity contribution is -0.141. The first kappa shape index (κ1) is 30.0. The van der Waals surface area contributed by atoms with E-state index >= 15 is 0 Å². The van der Waals surface area contributed by atoms with Crippen LogP contribution >= 0.6 is 23.2 Å². The fourth-order valence-corrected chi connectivity index (χ4v) is 4.81. The Morgan fingerprint density at radius 1 is 0.756 bits per heavy atom. The second kappa shape index (κ2) is 14.6. The van der Waals surface area contributed by atoms with E-state index in [1.165, 1.54) is 0 Å². The zero-order valence-electron chi connectivity index (χ0n) is 23.0. The molecule has 0 heterocycles. The first-order valence-corrected chi connectivity index (χ1v) is 14.0. The number of nitrogens with one attached hydrogen (secondary N) is 1. The second-order valence-corrected chi connectivity index (χ2v) is 10.4. The highest BCUT2D eigenvalue weighted by molar-refractivity contribution is 6.30. The molecule has 0 aliphatic heterocycles. The number of ether oxygens (including phenoxy) is 2. The quantitative estimate of drug-likeness (QED) is 0.200. The van der Waals surface area contributed by atoms with Gasteiger partial charge in [-0.2, -0.15) is 0 Å². The van der Waals surface area contributed by atoms with Gasteiger partial charge in [-0.05, 0) is 65.1 Å². The molecule has 41 heavy (non-hydrogen) atoms. The van der Waals surface area contributed by atoms with Gasteiger partial charge in [0.05, 0.1) is 20.6 Å². The molecule has 0 aliphatic carbocycles. The van der Waals surface area contributed by atoms with Crippen molar-refractivity contribution < 1.29 is 19.1 Å². The maximum atomic E-state index is 13.9. The number of hydrogen-bond acceptors (Lipinski definition) is 4. The summed E-state index contributed by atoms with van der Waals surface area (Å²) in [5, 5.41) is 4.24. The Balaban J connectivity index is 1.60. The molecule has 4 rings (SSSR count). The number of benzene rings is 4. The minimum absolute atomic E-state index is 0.118. The fraction of sp³-hybridized carbons (Fsp3) is 0.212. The van der Waals surface area contributed by atoms with Crippen LogP contribution in [0.3, 0.4) is 0 Å². The highest BCUT2D eigenvalue weighted by Crippen LogP contribution is 2.28. The Kier molecular flexibility index (Phi) is 10.7. The zero-order valence-corrected chi connectivity index (χ0v) is 24.5. The molecular formula is C33H32Cl2N2O4. The average molecular weight is 592 g/mol. The van der Waals surface area contributed by atoms with Crippen molar-refractivity contribution >= 4 is 35.0 Å². The van der Waals surface area contributed by atoms with E-state index in [0.29, 0.717) is 34.5 Å². The van der Waals surface area contributed by atoms with Gasteiger partial charge in [-0.15, -0.1) is 0 Å². The number of carbonyl (C=O) groups is 2. The van der Waals surface area contributed by atoms with Crippen LogP contribution in [0.2, 0.25) is 10.0 Å². The van der Waals surface area contributed by atoms with Crippen LogP contribution in [-0.2, 0) is 29.0 Å². The van der Waals surface area contributed by atoms with Crippen LogP contribution in [0, 0.1) is 0 Å². The highest BCUT2D eigenvalue weighted by Gasteiger charge is 2.31. The van der Waals surface area contributed by atoms with E-state index in [9.17, 15) is 9.59 Å². The fourth-order valence-electron chi connectivity index (χ4n) is 4.56. The van der Waals surface area contributed by atoms with Gasteiger partial charge in [0.2, 0.25) is 11.8 Å². The normalized spacial score (nSPS) is 11.4. The molecule has 6 nitrogen and oxygen atoms in total. The molecule has 8 heteroatoms. The standard InChI is InChI=1S/C33H32Cl2N2O4/c1-40-29-17-12-24(20-30(29)41-2)18-19-36-33(39)32(26-6-4-3-5-7-26)37(22-25-10-15-28(35)16-11-25)31(38)21-23-8-13-27(34)14-9-23/h3-17,20,32H,18-19,21-22H2,1-2H3,(H,36,39). The Hall–Kier alpha value is -4.00. The molecule has 0 radical (unpaired) electrons. The number of carbonyl (C=O) groups excluding carboxylic acids is 2. The van der Waals surface area contributed by atoms with E-state index in [4.69, 9.17) is 32.7 Å². The predicted octanol–water partition coefficient (Wildman–Crippen LogP) is 6.68. The third-order valence-corrected chi connectivity index (χ3v) is 7.20. The number of halogens is 2. The summed E-state index contributed by atoms with van der Waals surface area (Å²) < 4.78 is 10.7. The van der Waals surface area contributed by atoms with Crippen molar-refractivity contribution in [3.63, 3.8) is 0 Å². The molecule has 1 N–H and O–H groups in total. The first-order valence-electron chi connectivity index (χ1n) is 13.2. The summed E-state index contributed by atoms with van der Waals surface area (Å²) in [5.74, 6) is 0.808. The Morgan fingerprint density at radius 2 is 1.34 bits per heavy atom. The third-order valence-electron chi connectivity index (χ3n) is 6.69. The van der Waals surface area contributed by atoms with Crippen LogP contribution in [0.1, 0.15) is 28.3 Å². The van der Waals surface area contributed by atoms with Crippen molar-refractivity contribution in [1.29, 1.82) is 0 Å². The van der Waals surface area contributed by atoms with Crippen molar-refractivity contribution in [3.8, 4) is 11.5 Å². The zero-order chi connectivity index (χ0) is 29.2. The summed E-state index contributed by atoms with van der Waals surface area (Å²) in [5.41, 5.74) is 3.37. The minimum atomic E-state index is -0.850. The van der Waals surface area contributed by atoms with Gasteiger partial charge >= 0.3 is 0 Å². The number of hydrogen-bond donors (Lipinski definition) is 1. The maximum Gasteiger partial charge on any atom is 0.247 e. The number of nitrogens with zero attached hydrogens (tertiary/aromatic N) is 1. The maximum absolute atomic E-state index is 13.9. The Bertz CT molecular complexity index is 1440.